The smallest absolute Gasteiger partial charge is 0.351 e. The summed E-state index contributed by atoms with van der Waals surface area (Å²) in [5.74, 6) is -0.709. The fourth-order valence-corrected chi connectivity index (χ4v) is 1.94. The number of ether oxygens (including phenoxy) is 1. The highest BCUT2D eigenvalue weighted by Crippen LogP contribution is 2.31. The minimum absolute atomic E-state index is 0.0341. The van der Waals surface area contributed by atoms with Gasteiger partial charge in [-0.25, -0.2) is 4.79 Å². The average molecular weight is 285 g/mol. The van der Waals surface area contributed by atoms with Gasteiger partial charge in [-0.05, 0) is 5.56 Å². The number of halogens is 2. The number of hydrogen-bond acceptors (Lipinski definition) is 3. The van der Waals surface area contributed by atoms with E-state index >= 15 is 0 Å². The molecule has 5 heteroatoms. The van der Waals surface area contributed by atoms with Gasteiger partial charge in [-0.1, -0.05) is 65.7 Å². The summed E-state index contributed by atoms with van der Waals surface area (Å²) in [7, 11) is 0. The Morgan fingerprint density at radius 3 is 2.50 bits per heavy atom. The van der Waals surface area contributed by atoms with E-state index in [1.54, 1.807) is 6.08 Å². The number of benzene rings is 1. The summed E-state index contributed by atoms with van der Waals surface area (Å²) in [5.41, 5.74) is 0.923. The molecule has 3 nitrogen and oxygen atoms in total. The normalized spacial score (nSPS) is 21.5. The molecule has 0 saturated heterocycles. The molecule has 1 aliphatic heterocycles. The Labute approximate surface area is 114 Å². The fraction of sp³-hybridized carbons (Fsp3) is 0.154. The zero-order chi connectivity index (χ0) is 13.1. The van der Waals surface area contributed by atoms with E-state index < -0.39 is 18.2 Å². The van der Waals surface area contributed by atoms with Crippen LogP contribution in [0.4, 0.5) is 0 Å². The van der Waals surface area contributed by atoms with Gasteiger partial charge < -0.3 is 9.84 Å². The van der Waals surface area contributed by atoms with Crippen molar-refractivity contribution < 1.29 is 14.6 Å². The number of esters is 1. The zero-order valence-corrected chi connectivity index (χ0v) is 10.7. The quantitative estimate of drug-likeness (QED) is 0.868. The van der Waals surface area contributed by atoms with E-state index in [9.17, 15) is 9.90 Å². The summed E-state index contributed by atoms with van der Waals surface area (Å²) < 4.78 is 4.86. The van der Waals surface area contributed by atoms with Crippen LogP contribution in [0.1, 0.15) is 5.56 Å². The van der Waals surface area contributed by atoms with Crippen LogP contribution in [0.5, 0.6) is 0 Å². The summed E-state index contributed by atoms with van der Waals surface area (Å²) in [5, 5.41) is 9.74. The van der Waals surface area contributed by atoms with Crippen molar-refractivity contribution in [2.75, 3.05) is 0 Å². The van der Waals surface area contributed by atoms with Gasteiger partial charge in [0.2, 0.25) is 0 Å². The molecule has 1 aliphatic rings. The second-order valence-corrected chi connectivity index (χ2v) is 4.53. The lowest BCUT2D eigenvalue weighted by molar-refractivity contribution is -0.141. The van der Waals surface area contributed by atoms with Gasteiger partial charge >= 0.3 is 5.97 Å². The first kappa shape index (κ1) is 13.1. The maximum absolute atomic E-state index is 11.1. The summed E-state index contributed by atoms with van der Waals surface area (Å²) in [6.07, 6.45) is 1.27. The highest BCUT2D eigenvalue weighted by molar-refractivity contribution is 6.48. The van der Waals surface area contributed by atoms with Crippen LogP contribution in [0, 0.1) is 0 Å². The first-order valence-electron chi connectivity index (χ1n) is 5.27. The zero-order valence-electron chi connectivity index (χ0n) is 9.22. The van der Waals surface area contributed by atoms with Gasteiger partial charge in [0.05, 0.1) is 5.03 Å². The Morgan fingerprint density at radius 2 is 1.94 bits per heavy atom. The Bertz CT molecular complexity index is 508. The Balaban J connectivity index is 2.08. The van der Waals surface area contributed by atoms with Crippen LogP contribution in [0.15, 0.2) is 46.5 Å². The van der Waals surface area contributed by atoms with Crippen LogP contribution in [-0.4, -0.2) is 23.3 Å². The van der Waals surface area contributed by atoms with Gasteiger partial charge in [-0.2, -0.15) is 0 Å². The summed E-state index contributed by atoms with van der Waals surface area (Å²) >= 11 is 11.4. The van der Waals surface area contributed by atoms with Crippen LogP contribution in [0.25, 0.3) is 6.08 Å². The number of carbonyl (C=O) groups excluding carboxylic acids is 1. The fourth-order valence-electron chi connectivity index (χ4n) is 1.54. The number of carbonyl (C=O) groups is 1. The number of aliphatic hydroxyl groups is 1. The number of rotatable bonds is 3. The average Bonchev–Trinajstić information content (AvgIpc) is 2.65. The number of hydrogen-bond donors (Lipinski definition) is 1. The second-order valence-electron chi connectivity index (χ2n) is 3.75. The SMILES string of the molecule is O=C1OC(C(O)/C=C/c2ccccc2)C(Cl)=C1Cl. The molecule has 1 aromatic rings. The van der Waals surface area contributed by atoms with Crippen molar-refractivity contribution in [1.82, 2.24) is 0 Å². The Morgan fingerprint density at radius 1 is 1.28 bits per heavy atom. The molecule has 0 aromatic heterocycles. The highest BCUT2D eigenvalue weighted by Gasteiger charge is 2.35. The first-order valence-corrected chi connectivity index (χ1v) is 6.02. The van der Waals surface area contributed by atoms with Gasteiger partial charge in [-0.3, -0.25) is 0 Å². The molecule has 0 fully saturated rings. The summed E-state index contributed by atoms with van der Waals surface area (Å²) in [6.45, 7) is 0. The van der Waals surface area contributed by atoms with Crippen molar-refractivity contribution in [3.8, 4) is 0 Å². The monoisotopic (exact) mass is 284 g/mol. The van der Waals surface area contributed by atoms with Crippen molar-refractivity contribution in [1.29, 1.82) is 0 Å². The van der Waals surface area contributed by atoms with E-state index in [4.69, 9.17) is 27.9 Å². The third kappa shape index (κ3) is 2.75. The van der Waals surface area contributed by atoms with E-state index in [1.165, 1.54) is 6.08 Å². The lowest BCUT2D eigenvalue weighted by Crippen LogP contribution is -2.25. The maximum Gasteiger partial charge on any atom is 0.351 e. The Hall–Kier alpha value is -1.29. The molecule has 94 valence electrons. The van der Waals surface area contributed by atoms with Gasteiger partial charge in [0, 0.05) is 0 Å². The van der Waals surface area contributed by atoms with Gasteiger partial charge in [0.1, 0.15) is 11.1 Å². The molecule has 2 unspecified atom stereocenters. The van der Waals surface area contributed by atoms with Crippen LogP contribution in [-0.2, 0) is 9.53 Å². The van der Waals surface area contributed by atoms with Crippen LogP contribution in [0.3, 0.4) is 0 Å². The van der Waals surface area contributed by atoms with E-state index in [0.717, 1.165) is 5.56 Å². The topological polar surface area (TPSA) is 46.5 Å². The van der Waals surface area contributed by atoms with E-state index in [1.807, 2.05) is 30.3 Å². The van der Waals surface area contributed by atoms with E-state index in [-0.39, 0.29) is 10.1 Å². The molecule has 18 heavy (non-hydrogen) atoms. The molecule has 0 aliphatic carbocycles. The standard InChI is InChI=1S/C13H10Cl2O3/c14-10-11(15)13(17)18-12(10)9(16)7-6-8-4-2-1-3-5-8/h1-7,9,12,16H/b7-6+. The van der Waals surface area contributed by atoms with Crippen molar-refractivity contribution in [2.45, 2.75) is 12.2 Å². The van der Waals surface area contributed by atoms with Crippen molar-refractivity contribution >= 4 is 35.2 Å². The van der Waals surface area contributed by atoms with Crippen LogP contribution < -0.4 is 0 Å². The molecule has 1 N–H and O–H groups in total. The molecule has 0 spiro atoms. The highest BCUT2D eigenvalue weighted by atomic mass is 35.5. The largest absolute Gasteiger partial charge is 0.449 e. The number of cyclic esters (lactones) is 1. The first-order chi connectivity index (χ1) is 8.59. The molecule has 0 bridgehead atoms. The molecular formula is C13H10Cl2O3. The third-order valence-electron chi connectivity index (χ3n) is 2.47. The lowest BCUT2D eigenvalue weighted by atomic mass is 10.1. The van der Waals surface area contributed by atoms with Crippen molar-refractivity contribution in [2.24, 2.45) is 0 Å². The number of aliphatic hydroxyl groups excluding tert-OH is 1. The van der Waals surface area contributed by atoms with Gasteiger partial charge in [0.15, 0.2) is 6.10 Å². The molecule has 0 saturated carbocycles. The molecular weight excluding hydrogens is 275 g/mol. The molecule has 0 amide bonds. The summed E-state index contributed by atoms with van der Waals surface area (Å²) in [6, 6.07) is 9.42. The predicted molar refractivity (Wildman–Crippen MR) is 70.1 cm³/mol. The second kappa shape index (κ2) is 5.57. The predicted octanol–water partition coefficient (Wildman–Crippen LogP) is 2.68. The third-order valence-corrected chi connectivity index (χ3v) is 3.33. The molecule has 2 rings (SSSR count). The molecule has 1 heterocycles. The minimum Gasteiger partial charge on any atom is -0.449 e. The van der Waals surface area contributed by atoms with Crippen molar-refractivity contribution in [3.63, 3.8) is 0 Å². The van der Waals surface area contributed by atoms with Crippen LogP contribution >= 0.6 is 23.2 Å². The lowest BCUT2D eigenvalue weighted by Gasteiger charge is -2.13. The molecule has 2 atom stereocenters. The maximum atomic E-state index is 11.1. The van der Waals surface area contributed by atoms with Crippen LogP contribution in [0.2, 0.25) is 0 Å². The van der Waals surface area contributed by atoms with Gasteiger partial charge in [0.25, 0.3) is 0 Å². The van der Waals surface area contributed by atoms with Crippen molar-refractivity contribution in [3.05, 3.63) is 52.0 Å². The molecule has 0 radical (unpaired) electrons. The van der Waals surface area contributed by atoms with E-state index in [0.29, 0.717) is 0 Å². The Kier molecular flexibility index (Phi) is 4.07. The minimum atomic E-state index is -1.03. The summed E-state index contributed by atoms with van der Waals surface area (Å²) in [4.78, 5) is 11.1. The van der Waals surface area contributed by atoms with E-state index in [2.05, 4.69) is 0 Å². The molecule has 1 aromatic carbocycles. The van der Waals surface area contributed by atoms with Gasteiger partial charge in [-0.15, -0.1) is 0 Å².